The lowest BCUT2D eigenvalue weighted by molar-refractivity contribution is -0.140. The van der Waals surface area contributed by atoms with Crippen LogP contribution in [0.3, 0.4) is 0 Å². The van der Waals surface area contributed by atoms with E-state index in [1.807, 2.05) is 30.3 Å². The fourth-order valence-corrected chi connectivity index (χ4v) is 2.71. The van der Waals surface area contributed by atoms with Crippen LogP contribution in [0.1, 0.15) is 38.2 Å². The minimum atomic E-state index is -1.07. The molecule has 0 bridgehead atoms. The number of carbonyl (C=O) groups is 3. The maximum atomic E-state index is 12.0. The molecule has 106 valence electrons. The molecule has 1 aliphatic carbocycles. The van der Waals surface area contributed by atoms with Gasteiger partial charge in [-0.05, 0) is 12.0 Å². The van der Waals surface area contributed by atoms with Crippen LogP contribution in [0.2, 0.25) is 0 Å². The number of hydrogen-bond donors (Lipinski definition) is 1. The summed E-state index contributed by atoms with van der Waals surface area (Å²) in [7, 11) is 0. The smallest absolute Gasteiger partial charge is 0.221 e. The Bertz CT molecular complexity index is 506. The molecule has 0 atom stereocenters. The third kappa shape index (κ3) is 2.79. The average Bonchev–Trinajstić information content (AvgIpc) is 2.75. The SMILES string of the molecule is CCC1(CC(=O)NCc2ccccc2)C(=O)CCC1=O. The van der Waals surface area contributed by atoms with E-state index in [1.165, 1.54) is 0 Å². The van der Waals surface area contributed by atoms with E-state index in [2.05, 4.69) is 5.32 Å². The summed E-state index contributed by atoms with van der Waals surface area (Å²) in [4.78, 5) is 35.9. The number of nitrogens with one attached hydrogen (secondary N) is 1. The number of benzene rings is 1. The van der Waals surface area contributed by atoms with Crippen molar-refractivity contribution in [3.63, 3.8) is 0 Å². The van der Waals surface area contributed by atoms with Gasteiger partial charge in [-0.25, -0.2) is 0 Å². The fourth-order valence-electron chi connectivity index (χ4n) is 2.71. The summed E-state index contributed by atoms with van der Waals surface area (Å²) in [5, 5.41) is 2.78. The molecule has 0 aromatic heterocycles. The van der Waals surface area contributed by atoms with Crippen molar-refractivity contribution in [2.24, 2.45) is 5.41 Å². The molecule has 0 aliphatic heterocycles. The van der Waals surface area contributed by atoms with Crippen LogP contribution in [0.25, 0.3) is 0 Å². The highest BCUT2D eigenvalue weighted by Crippen LogP contribution is 2.37. The zero-order valence-electron chi connectivity index (χ0n) is 11.6. The number of amides is 1. The van der Waals surface area contributed by atoms with Gasteiger partial charge in [0.25, 0.3) is 0 Å². The number of hydrogen-bond acceptors (Lipinski definition) is 3. The van der Waals surface area contributed by atoms with Gasteiger partial charge in [-0.2, -0.15) is 0 Å². The maximum absolute atomic E-state index is 12.0. The molecule has 2 rings (SSSR count). The molecule has 0 heterocycles. The van der Waals surface area contributed by atoms with Gasteiger partial charge in [0.1, 0.15) is 11.6 Å². The lowest BCUT2D eigenvalue weighted by Gasteiger charge is -2.23. The number of carbonyl (C=O) groups excluding carboxylic acids is 3. The van der Waals surface area contributed by atoms with Gasteiger partial charge in [-0.15, -0.1) is 0 Å². The van der Waals surface area contributed by atoms with Crippen molar-refractivity contribution in [1.29, 1.82) is 0 Å². The second kappa shape index (κ2) is 5.99. The van der Waals surface area contributed by atoms with Crippen LogP contribution in [-0.2, 0) is 20.9 Å². The summed E-state index contributed by atoms with van der Waals surface area (Å²) >= 11 is 0. The van der Waals surface area contributed by atoms with Gasteiger partial charge < -0.3 is 5.32 Å². The van der Waals surface area contributed by atoms with Crippen molar-refractivity contribution in [3.8, 4) is 0 Å². The van der Waals surface area contributed by atoms with E-state index in [9.17, 15) is 14.4 Å². The molecule has 1 saturated carbocycles. The predicted octanol–water partition coefficient (Wildman–Crippen LogP) is 2.02. The largest absolute Gasteiger partial charge is 0.352 e. The molecule has 0 radical (unpaired) electrons. The molecule has 1 aromatic rings. The van der Waals surface area contributed by atoms with Crippen LogP contribution in [0.15, 0.2) is 30.3 Å². The molecule has 1 N–H and O–H groups in total. The molecule has 0 unspecified atom stereocenters. The van der Waals surface area contributed by atoms with Crippen molar-refractivity contribution in [1.82, 2.24) is 5.32 Å². The van der Waals surface area contributed by atoms with Crippen molar-refractivity contribution in [2.75, 3.05) is 0 Å². The van der Waals surface area contributed by atoms with E-state index in [4.69, 9.17) is 0 Å². The maximum Gasteiger partial charge on any atom is 0.221 e. The van der Waals surface area contributed by atoms with Gasteiger partial charge in [0.05, 0.1) is 5.41 Å². The lowest BCUT2D eigenvalue weighted by atomic mass is 9.78. The first-order valence-corrected chi connectivity index (χ1v) is 6.96. The summed E-state index contributed by atoms with van der Waals surface area (Å²) in [6.07, 6.45) is 0.939. The number of ketones is 2. The molecular formula is C16H19NO3. The van der Waals surface area contributed by atoms with Crippen LogP contribution in [-0.4, -0.2) is 17.5 Å². The topological polar surface area (TPSA) is 63.2 Å². The zero-order chi connectivity index (χ0) is 14.6. The molecule has 1 aromatic carbocycles. The highest BCUT2D eigenvalue weighted by Gasteiger charge is 2.48. The van der Waals surface area contributed by atoms with Gasteiger partial charge in [-0.3, -0.25) is 14.4 Å². The second-order valence-electron chi connectivity index (χ2n) is 5.22. The van der Waals surface area contributed by atoms with Crippen molar-refractivity contribution in [3.05, 3.63) is 35.9 Å². The van der Waals surface area contributed by atoms with Gasteiger partial charge >= 0.3 is 0 Å². The minimum Gasteiger partial charge on any atom is -0.352 e. The Morgan fingerprint density at radius 2 is 1.75 bits per heavy atom. The van der Waals surface area contributed by atoms with Crippen molar-refractivity contribution < 1.29 is 14.4 Å². The van der Waals surface area contributed by atoms with E-state index in [1.54, 1.807) is 6.92 Å². The first kappa shape index (κ1) is 14.4. The van der Waals surface area contributed by atoms with Gasteiger partial charge in [0.15, 0.2) is 0 Å². The second-order valence-corrected chi connectivity index (χ2v) is 5.22. The molecule has 1 fully saturated rings. The standard InChI is InChI=1S/C16H19NO3/c1-2-16(13(18)8-9-14(16)19)10-15(20)17-11-12-6-4-3-5-7-12/h3-7H,2,8-11H2,1H3,(H,17,20). The molecule has 0 spiro atoms. The molecule has 4 heteroatoms. The van der Waals surface area contributed by atoms with E-state index < -0.39 is 5.41 Å². The molecule has 1 amide bonds. The number of rotatable bonds is 5. The van der Waals surface area contributed by atoms with Crippen LogP contribution < -0.4 is 5.32 Å². The first-order valence-electron chi connectivity index (χ1n) is 6.96. The Labute approximate surface area is 118 Å². The van der Waals surface area contributed by atoms with Gasteiger partial charge in [-0.1, -0.05) is 37.3 Å². The zero-order valence-corrected chi connectivity index (χ0v) is 11.6. The molecule has 0 saturated heterocycles. The summed E-state index contributed by atoms with van der Waals surface area (Å²) in [5.41, 5.74) is -0.0729. The molecule has 20 heavy (non-hydrogen) atoms. The van der Waals surface area contributed by atoms with Gasteiger partial charge in [0.2, 0.25) is 5.91 Å². The van der Waals surface area contributed by atoms with E-state index >= 15 is 0 Å². The Kier molecular flexibility index (Phi) is 4.32. The lowest BCUT2D eigenvalue weighted by Crippen LogP contribution is -2.38. The van der Waals surface area contributed by atoms with E-state index in [0.29, 0.717) is 13.0 Å². The Morgan fingerprint density at radius 3 is 2.30 bits per heavy atom. The van der Waals surface area contributed by atoms with Gasteiger partial charge in [0, 0.05) is 25.8 Å². The Balaban J connectivity index is 1.97. The summed E-state index contributed by atoms with van der Waals surface area (Å²) in [6, 6.07) is 9.55. The normalized spacial score (nSPS) is 17.2. The summed E-state index contributed by atoms with van der Waals surface area (Å²) in [6.45, 7) is 2.22. The van der Waals surface area contributed by atoms with Crippen molar-refractivity contribution in [2.45, 2.75) is 39.2 Å². The third-order valence-electron chi connectivity index (χ3n) is 4.05. The third-order valence-corrected chi connectivity index (χ3v) is 4.05. The quantitative estimate of drug-likeness (QED) is 0.835. The average molecular weight is 273 g/mol. The van der Waals surface area contributed by atoms with Crippen LogP contribution in [0.4, 0.5) is 0 Å². The molecular weight excluding hydrogens is 254 g/mol. The van der Waals surface area contributed by atoms with Crippen LogP contribution >= 0.6 is 0 Å². The summed E-state index contributed by atoms with van der Waals surface area (Å²) in [5.74, 6) is -0.404. The van der Waals surface area contributed by atoms with Crippen LogP contribution in [0.5, 0.6) is 0 Å². The Hall–Kier alpha value is -1.97. The fraction of sp³-hybridized carbons (Fsp3) is 0.438. The monoisotopic (exact) mass is 273 g/mol. The molecule has 4 nitrogen and oxygen atoms in total. The highest BCUT2D eigenvalue weighted by atomic mass is 16.2. The predicted molar refractivity (Wildman–Crippen MR) is 74.9 cm³/mol. The summed E-state index contributed by atoms with van der Waals surface area (Å²) < 4.78 is 0. The minimum absolute atomic E-state index is 0.0198. The molecule has 1 aliphatic rings. The van der Waals surface area contributed by atoms with Crippen molar-refractivity contribution >= 4 is 17.5 Å². The van der Waals surface area contributed by atoms with E-state index in [0.717, 1.165) is 5.56 Å². The highest BCUT2D eigenvalue weighted by molar-refractivity contribution is 6.14. The van der Waals surface area contributed by atoms with E-state index in [-0.39, 0.29) is 36.7 Å². The van der Waals surface area contributed by atoms with Crippen LogP contribution in [0, 0.1) is 5.41 Å². The Morgan fingerprint density at radius 1 is 1.15 bits per heavy atom. The number of Topliss-reactive ketones (excluding diaryl/α,β-unsaturated/α-hetero) is 2. The first-order chi connectivity index (χ1) is 9.58.